The fourth-order valence-corrected chi connectivity index (χ4v) is 4.88. The number of hydrogen-bond acceptors (Lipinski definition) is 4. The molecule has 0 aromatic rings. The highest BCUT2D eigenvalue weighted by molar-refractivity contribution is 6.74. The van der Waals surface area contributed by atoms with E-state index in [0.717, 1.165) is 6.42 Å². The molecule has 1 heterocycles. The van der Waals surface area contributed by atoms with Crippen molar-refractivity contribution in [2.24, 2.45) is 17.8 Å². The third-order valence-corrected chi connectivity index (χ3v) is 11.2. The number of imide groups is 1. The molecule has 1 rings (SSSR count). The van der Waals surface area contributed by atoms with Gasteiger partial charge in [-0.05, 0) is 42.8 Å². The van der Waals surface area contributed by atoms with E-state index in [1.54, 1.807) is 6.92 Å². The Bertz CT molecular complexity index is 621. The van der Waals surface area contributed by atoms with Crippen molar-refractivity contribution in [3.05, 3.63) is 11.6 Å². The second kappa shape index (κ2) is 9.78. The van der Waals surface area contributed by atoms with E-state index in [2.05, 4.69) is 54.6 Å². The van der Waals surface area contributed by atoms with Gasteiger partial charge in [0.05, 0.1) is 12.1 Å². The van der Waals surface area contributed by atoms with Crippen LogP contribution in [-0.2, 0) is 14.0 Å². The first-order valence-corrected chi connectivity index (χ1v) is 13.9. The van der Waals surface area contributed by atoms with E-state index in [1.807, 2.05) is 19.9 Å². The predicted octanol–water partition coefficient (Wildman–Crippen LogP) is 6.01. The number of cyclic esters (lactones) is 1. The van der Waals surface area contributed by atoms with Gasteiger partial charge in [0, 0.05) is 5.57 Å². The average Bonchev–Trinajstić information content (AvgIpc) is 2.98. The van der Waals surface area contributed by atoms with Crippen LogP contribution < -0.4 is 0 Å². The standard InChI is InChI=1S/C23H43NO4Si/c1-12-16(4)20(28-29(10,11)23(7,8)9)17(5)13-18(6)21(25)24-19(15(2)3)14-27-22(24)26/h13,15-17,19-20H,12,14H2,1-11H3/b18-13+/t16-,17-,19+,20+/m0/s1. The maximum absolute atomic E-state index is 13.0. The quantitative estimate of drug-likeness (QED) is 0.353. The molecule has 0 radical (unpaired) electrons. The van der Waals surface area contributed by atoms with E-state index in [0.29, 0.717) is 11.5 Å². The molecule has 4 atom stereocenters. The third-order valence-electron chi connectivity index (χ3n) is 6.70. The Balaban J connectivity index is 3.10. The highest BCUT2D eigenvalue weighted by Gasteiger charge is 2.42. The summed E-state index contributed by atoms with van der Waals surface area (Å²) in [6, 6.07) is -0.206. The van der Waals surface area contributed by atoms with E-state index in [4.69, 9.17) is 9.16 Å². The van der Waals surface area contributed by atoms with Crippen LogP contribution in [-0.4, -0.2) is 44.0 Å². The molecular weight excluding hydrogens is 382 g/mol. The van der Waals surface area contributed by atoms with Gasteiger partial charge in [-0.15, -0.1) is 0 Å². The van der Waals surface area contributed by atoms with Gasteiger partial charge in [-0.3, -0.25) is 4.79 Å². The molecule has 0 bridgehead atoms. The van der Waals surface area contributed by atoms with Gasteiger partial charge in [-0.25, -0.2) is 9.69 Å². The zero-order valence-electron chi connectivity index (χ0n) is 20.5. The molecule has 1 saturated heterocycles. The summed E-state index contributed by atoms with van der Waals surface area (Å²) in [7, 11) is -1.95. The topological polar surface area (TPSA) is 55.8 Å². The molecule has 29 heavy (non-hydrogen) atoms. The van der Waals surface area contributed by atoms with Crippen molar-refractivity contribution in [2.75, 3.05) is 6.61 Å². The van der Waals surface area contributed by atoms with Gasteiger partial charge in [0.1, 0.15) is 6.61 Å². The maximum Gasteiger partial charge on any atom is 0.417 e. The van der Waals surface area contributed by atoms with Crippen molar-refractivity contribution >= 4 is 20.3 Å². The zero-order valence-corrected chi connectivity index (χ0v) is 21.5. The Kier molecular flexibility index (Phi) is 8.73. The molecule has 168 valence electrons. The van der Waals surface area contributed by atoms with Crippen LogP contribution in [0.15, 0.2) is 11.6 Å². The monoisotopic (exact) mass is 425 g/mol. The summed E-state index contributed by atoms with van der Waals surface area (Å²) < 4.78 is 11.9. The van der Waals surface area contributed by atoms with Crippen molar-refractivity contribution in [3.8, 4) is 0 Å². The maximum atomic E-state index is 13.0. The second-order valence-corrected chi connectivity index (χ2v) is 15.3. The molecule has 0 spiro atoms. The van der Waals surface area contributed by atoms with Crippen LogP contribution in [0.5, 0.6) is 0 Å². The smallest absolute Gasteiger partial charge is 0.417 e. The molecule has 0 aromatic heterocycles. The average molecular weight is 426 g/mol. The van der Waals surface area contributed by atoms with Gasteiger partial charge >= 0.3 is 6.09 Å². The van der Waals surface area contributed by atoms with E-state index in [9.17, 15) is 9.59 Å². The van der Waals surface area contributed by atoms with E-state index < -0.39 is 14.4 Å². The van der Waals surface area contributed by atoms with Crippen LogP contribution >= 0.6 is 0 Å². The molecule has 1 aliphatic heterocycles. The first-order valence-electron chi connectivity index (χ1n) is 11.0. The van der Waals surface area contributed by atoms with Crippen molar-refractivity contribution in [2.45, 2.75) is 99.0 Å². The van der Waals surface area contributed by atoms with Gasteiger partial charge in [-0.2, -0.15) is 0 Å². The van der Waals surface area contributed by atoms with Gasteiger partial charge in [-0.1, -0.05) is 67.9 Å². The van der Waals surface area contributed by atoms with Crippen molar-refractivity contribution in [1.82, 2.24) is 4.90 Å². The van der Waals surface area contributed by atoms with Gasteiger partial charge in [0.2, 0.25) is 0 Å². The summed E-state index contributed by atoms with van der Waals surface area (Å²) in [6.07, 6.45) is 2.49. The fraction of sp³-hybridized carbons (Fsp3) is 0.826. The van der Waals surface area contributed by atoms with Crippen molar-refractivity contribution < 1.29 is 18.8 Å². The number of amides is 2. The lowest BCUT2D eigenvalue weighted by atomic mass is 9.90. The number of nitrogens with zero attached hydrogens (tertiary/aromatic N) is 1. The van der Waals surface area contributed by atoms with E-state index in [-0.39, 0.29) is 41.5 Å². The Hall–Kier alpha value is -1.14. The minimum absolute atomic E-state index is 0.0371. The lowest BCUT2D eigenvalue weighted by molar-refractivity contribution is -0.125. The highest BCUT2D eigenvalue weighted by atomic mass is 28.4. The van der Waals surface area contributed by atoms with E-state index >= 15 is 0 Å². The third kappa shape index (κ3) is 6.17. The summed E-state index contributed by atoms with van der Waals surface area (Å²) in [4.78, 5) is 26.5. The Morgan fingerprint density at radius 3 is 2.28 bits per heavy atom. The molecule has 0 N–H and O–H groups in total. The molecule has 2 amide bonds. The molecule has 5 nitrogen and oxygen atoms in total. The molecule has 0 saturated carbocycles. The second-order valence-electron chi connectivity index (χ2n) is 10.5. The molecule has 1 aliphatic rings. The number of hydrogen-bond donors (Lipinski definition) is 0. The lowest BCUT2D eigenvalue weighted by Gasteiger charge is -2.42. The van der Waals surface area contributed by atoms with Crippen LogP contribution in [0, 0.1) is 17.8 Å². The first-order chi connectivity index (χ1) is 13.1. The van der Waals surface area contributed by atoms with Crippen LogP contribution in [0.1, 0.15) is 68.7 Å². The number of carbonyl (C=O) groups is 2. The number of carbonyl (C=O) groups excluding carboxylic acids is 2. The Morgan fingerprint density at radius 1 is 1.28 bits per heavy atom. The predicted molar refractivity (Wildman–Crippen MR) is 121 cm³/mol. The summed E-state index contributed by atoms with van der Waals surface area (Å²) >= 11 is 0. The largest absolute Gasteiger partial charge is 0.447 e. The Labute approximate surface area is 179 Å². The lowest BCUT2D eigenvalue weighted by Crippen LogP contribution is -2.47. The molecule has 0 unspecified atom stereocenters. The molecule has 1 fully saturated rings. The first kappa shape index (κ1) is 25.9. The van der Waals surface area contributed by atoms with Crippen LogP contribution in [0.4, 0.5) is 4.79 Å². The van der Waals surface area contributed by atoms with Gasteiger partial charge in [0.25, 0.3) is 5.91 Å². The van der Waals surface area contributed by atoms with Gasteiger partial charge in [0.15, 0.2) is 8.32 Å². The number of rotatable bonds is 8. The zero-order chi connectivity index (χ0) is 22.7. The molecule has 0 aromatic carbocycles. The van der Waals surface area contributed by atoms with Crippen molar-refractivity contribution in [1.29, 1.82) is 0 Å². The summed E-state index contributed by atoms with van der Waals surface area (Å²) in [5.41, 5.74) is 0.578. The SMILES string of the molecule is CC[C@H](C)[C@@H](O[Si](C)(C)C(C)(C)C)[C@@H](C)/C=C(\C)C(=O)N1C(=O)OC[C@@H]1C(C)C. The van der Waals surface area contributed by atoms with E-state index in [1.165, 1.54) is 4.90 Å². The minimum Gasteiger partial charge on any atom is -0.447 e. The normalized spacial score (nSPS) is 21.9. The molecule has 6 heteroatoms. The van der Waals surface area contributed by atoms with Crippen molar-refractivity contribution in [3.63, 3.8) is 0 Å². The minimum atomic E-state index is -1.95. The summed E-state index contributed by atoms with van der Waals surface area (Å²) in [6.45, 7) is 23.8. The summed E-state index contributed by atoms with van der Waals surface area (Å²) in [5, 5.41) is 0.122. The van der Waals surface area contributed by atoms with Crippen LogP contribution in [0.2, 0.25) is 18.1 Å². The Morgan fingerprint density at radius 2 is 1.83 bits per heavy atom. The number of ether oxygens (including phenoxy) is 1. The molecular formula is C23H43NO4Si. The van der Waals surface area contributed by atoms with Crippen LogP contribution in [0.25, 0.3) is 0 Å². The van der Waals surface area contributed by atoms with Crippen LogP contribution in [0.3, 0.4) is 0 Å². The summed E-state index contributed by atoms with van der Waals surface area (Å²) in [5.74, 6) is 0.344. The molecule has 0 aliphatic carbocycles. The fourth-order valence-electron chi connectivity index (χ4n) is 3.40. The highest BCUT2D eigenvalue weighted by Crippen LogP contribution is 2.39. The van der Waals surface area contributed by atoms with Gasteiger partial charge < -0.3 is 9.16 Å².